The zero-order chi connectivity index (χ0) is 11.3. The molecule has 1 rings (SSSR count). The second-order valence-electron chi connectivity index (χ2n) is 3.95. The zero-order valence-electron chi connectivity index (χ0n) is 9.95. The number of hydrogen-bond donors (Lipinski definition) is 0. The van der Waals surface area contributed by atoms with Gasteiger partial charge >= 0.3 is 0 Å². The summed E-state index contributed by atoms with van der Waals surface area (Å²) in [6.45, 7) is 8.17. The smallest absolute Gasteiger partial charge is 0.249 e. The van der Waals surface area contributed by atoms with Gasteiger partial charge in [-0.25, -0.2) is 0 Å². The molecule has 86 valence electrons. The molecule has 1 saturated heterocycles. The van der Waals surface area contributed by atoms with Crippen LogP contribution < -0.4 is 0 Å². The van der Waals surface area contributed by atoms with Gasteiger partial charge in [-0.2, -0.15) is 0 Å². The normalized spacial score (nSPS) is 23.0. The summed E-state index contributed by atoms with van der Waals surface area (Å²) in [6, 6.07) is 0. The molecule has 1 heterocycles. The van der Waals surface area contributed by atoms with Gasteiger partial charge in [0.25, 0.3) is 0 Å². The van der Waals surface area contributed by atoms with Gasteiger partial charge in [0.2, 0.25) is 5.91 Å². The fourth-order valence-corrected chi connectivity index (χ4v) is 1.79. The molecule has 1 aliphatic heterocycles. The van der Waals surface area contributed by atoms with Gasteiger partial charge in [0.15, 0.2) is 0 Å². The van der Waals surface area contributed by atoms with Crippen molar-refractivity contribution < 1.29 is 9.53 Å². The highest BCUT2D eigenvalue weighted by Gasteiger charge is 2.23. The monoisotopic (exact) mass is 211 g/mol. The third-order valence-electron chi connectivity index (χ3n) is 2.73. The van der Waals surface area contributed by atoms with E-state index in [-0.39, 0.29) is 12.0 Å². The zero-order valence-corrected chi connectivity index (χ0v) is 9.95. The van der Waals surface area contributed by atoms with E-state index in [0.29, 0.717) is 6.61 Å². The number of allylic oxidation sites excluding steroid dienone is 1. The molecule has 0 radical (unpaired) electrons. The fourth-order valence-electron chi connectivity index (χ4n) is 1.79. The Morgan fingerprint density at radius 1 is 1.53 bits per heavy atom. The van der Waals surface area contributed by atoms with Gasteiger partial charge in [-0.15, -0.1) is 0 Å². The number of morpholine rings is 1. The van der Waals surface area contributed by atoms with Crippen LogP contribution in [0.25, 0.3) is 0 Å². The second kappa shape index (κ2) is 5.91. The molecule has 0 aromatic rings. The minimum atomic E-state index is 0.165. The van der Waals surface area contributed by atoms with Crippen molar-refractivity contribution in [3.05, 3.63) is 11.6 Å². The Morgan fingerprint density at radius 2 is 2.27 bits per heavy atom. The van der Waals surface area contributed by atoms with E-state index in [9.17, 15) is 4.79 Å². The van der Waals surface area contributed by atoms with Crippen LogP contribution in [0.15, 0.2) is 11.6 Å². The van der Waals surface area contributed by atoms with Crippen LogP contribution in [0.4, 0.5) is 0 Å². The summed E-state index contributed by atoms with van der Waals surface area (Å²) in [4.78, 5) is 13.9. The first-order valence-corrected chi connectivity index (χ1v) is 5.76. The third-order valence-corrected chi connectivity index (χ3v) is 2.73. The van der Waals surface area contributed by atoms with Crippen LogP contribution in [0.2, 0.25) is 0 Å². The number of carbonyl (C=O) groups excluding carboxylic acids is 1. The summed E-state index contributed by atoms with van der Waals surface area (Å²) >= 11 is 0. The minimum absolute atomic E-state index is 0.165. The van der Waals surface area contributed by atoms with Gasteiger partial charge in [-0.1, -0.05) is 19.9 Å². The highest BCUT2D eigenvalue weighted by Crippen LogP contribution is 2.11. The lowest BCUT2D eigenvalue weighted by molar-refractivity contribution is -0.134. The third kappa shape index (κ3) is 3.34. The summed E-state index contributed by atoms with van der Waals surface area (Å²) in [5.74, 6) is 0.165. The average molecular weight is 211 g/mol. The molecule has 15 heavy (non-hydrogen) atoms. The van der Waals surface area contributed by atoms with Crippen LogP contribution in [0.5, 0.6) is 0 Å². The van der Waals surface area contributed by atoms with Gasteiger partial charge in [0.1, 0.15) is 0 Å². The van der Waals surface area contributed by atoms with Crippen molar-refractivity contribution in [3.63, 3.8) is 0 Å². The Balaban J connectivity index is 2.56. The van der Waals surface area contributed by atoms with E-state index in [4.69, 9.17) is 4.74 Å². The molecule has 0 saturated carbocycles. The summed E-state index contributed by atoms with van der Waals surface area (Å²) in [5.41, 5.74) is 0.856. The quantitative estimate of drug-likeness (QED) is 0.668. The van der Waals surface area contributed by atoms with Gasteiger partial charge in [0, 0.05) is 18.7 Å². The number of ether oxygens (including phenoxy) is 1. The molecule has 1 atom stereocenters. The number of hydrogen-bond acceptors (Lipinski definition) is 2. The molecule has 0 spiro atoms. The molecular weight excluding hydrogens is 190 g/mol. The topological polar surface area (TPSA) is 29.5 Å². The fraction of sp³-hybridized carbons (Fsp3) is 0.750. The average Bonchev–Trinajstić information content (AvgIpc) is 2.28. The molecule has 1 aliphatic rings. The molecule has 0 aromatic heterocycles. The summed E-state index contributed by atoms with van der Waals surface area (Å²) in [6.07, 6.45) is 4.09. The first-order valence-electron chi connectivity index (χ1n) is 5.76. The number of rotatable bonds is 3. The van der Waals surface area contributed by atoms with E-state index in [1.807, 2.05) is 24.8 Å². The molecule has 0 aromatic carbocycles. The summed E-state index contributed by atoms with van der Waals surface area (Å²) in [5, 5.41) is 0. The van der Waals surface area contributed by atoms with Crippen molar-refractivity contribution >= 4 is 5.91 Å². The standard InChI is InChI=1S/C12H21NO2/c1-4-6-10(3)12(14)13-7-8-15-11(5-2)9-13/h6,11H,4-5,7-9H2,1-3H3/b10-6-/t11-/m0/s1. The predicted molar refractivity (Wildman–Crippen MR) is 60.7 cm³/mol. The molecule has 0 aliphatic carbocycles. The molecule has 0 unspecified atom stereocenters. The van der Waals surface area contributed by atoms with Gasteiger partial charge in [0.05, 0.1) is 12.7 Å². The predicted octanol–water partition coefficient (Wildman–Crippen LogP) is 1.98. The molecule has 1 fully saturated rings. The maximum absolute atomic E-state index is 12.0. The maximum Gasteiger partial charge on any atom is 0.249 e. The first kappa shape index (κ1) is 12.2. The van der Waals surface area contributed by atoms with E-state index in [1.54, 1.807) is 0 Å². The van der Waals surface area contributed by atoms with E-state index >= 15 is 0 Å². The van der Waals surface area contributed by atoms with Crippen molar-refractivity contribution in [2.45, 2.75) is 39.7 Å². The van der Waals surface area contributed by atoms with Gasteiger partial charge in [-0.05, 0) is 19.8 Å². The molecule has 0 N–H and O–H groups in total. The largest absolute Gasteiger partial charge is 0.375 e. The molecule has 3 nitrogen and oxygen atoms in total. The van der Waals surface area contributed by atoms with Crippen LogP contribution in [0.3, 0.4) is 0 Å². The Hall–Kier alpha value is -0.830. The van der Waals surface area contributed by atoms with Crippen LogP contribution in [-0.4, -0.2) is 36.6 Å². The molecule has 3 heteroatoms. The lowest BCUT2D eigenvalue weighted by Crippen LogP contribution is -2.45. The highest BCUT2D eigenvalue weighted by atomic mass is 16.5. The minimum Gasteiger partial charge on any atom is -0.375 e. The van der Waals surface area contributed by atoms with Crippen molar-refractivity contribution in [2.24, 2.45) is 0 Å². The van der Waals surface area contributed by atoms with Crippen LogP contribution in [-0.2, 0) is 9.53 Å². The lowest BCUT2D eigenvalue weighted by atomic mass is 10.1. The van der Waals surface area contributed by atoms with E-state index < -0.39 is 0 Å². The van der Waals surface area contributed by atoms with E-state index in [2.05, 4.69) is 6.92 Å². The Labute approximate surface area is 92.1 Å². The summed E-state index contributed by atoms with van der Waals surface area (Å²) < 4.78 is 5.53. The Kier molecular flexibility index (Phi) is 4.82. The number of amides is 1. The maximum atomic E-state index is 12.0. The highest BCUT2D eigenvalue weighted by molar-refractivity contribution is 5.92. The first-order chi connectivity index (χ1) is 7.19. The van der Waals surface area contributed by atoms with Crippen LogP contribution in [0.1, 0.15) is 33.6 Å². The van der Waals surface area contributed by atoms with E-state index in [1.165, 1.54) is 0 Å². The SMILES string of the molecule is CC/C=C(/C)C(=O)N1CCO[C@@H](CC)C1. The summed E-state index contributed by atoms with van der Waals surface area (Å²) in [7, 11) is 0. The van der Waals surface area contributed by atoms with Gasteiger partial charge in [-0.3, -0.25) is 4.79 Å². The van der Waals surface area contributed by atoms with Gasteiger partial charge < -0.3 is 9.64 Å². The molecule has 1 amide bonds. The van der Waals surface area contributed by atoms with E-state index in [0.717, 1.165) is 31.5 Å². The van der Waals surface area contributed by atoms with Crippen molar-refractivity contribution in [1.29, 1.82) is 0 Å². The molecule has 0 bridgehead atoms. The van der Waals surface area contributed by atoms with Crippen LogP contribution >= 0.6 is 0 Å². The van der Waals surface area contributed by atoms with Crippen molar-refractivity contribution in [1.82, 2.24) is 4.90 Å². The number of nitrogens with zero attached hydrogens (tertiary/aromatic N) is 1. The lowest BCUT2D eigenvalue weighted by Gasteiger charge is -2.32. The van der Waals surface area contributed by atoms with Crippen molar-refractivity contribution in [3.8, 4) is 0 Å². The Morgan fingerprint density at radius 3 is 2.87 bits per heavy atom. The second-order valence-corrected chi connectivity index (χ2v) is 3.95. The van der Waals surface area contributed by atoms with Crippen LogP contribution in [0, 0.1) is 0 Å². The number of carbonyl (C=O) groups is 1. The molecular formula is C12H21NO2. The Bertz CT molecular complexity index is 248. The van der Waals surface area contributed by atoms with Crippen molar-refractivity contribution in [2.75, 3.05) is 19.7 Å².